The molecule has 2 heterocycles. The maximum Gasteiger partial charge on any atom is 0.0393 e. The van der Waals surface area contributed by atoms with Crippen LogP contribution < -0.4 is 10.2 Å². The molecule has 0 aromatic heterocycles. The van der Waals surface area contributed by atoms with Crippen molar-refractivity contribution < 1.29 is 0 Å². The van der Waals surface area contributed by atoms with E-state index in [0.29, 0.717) is 0 Å². The van der Waals surface area contributed by atoms with Crippen molar-refractivity contribution in [2.45, 2.75) is 51.4 Å². The summed E-state index contributed by atoms with van der Waals surface area (Å²) in [4.78, 5) is 2.61. The lowest BCUT2D eigenvalue weighted by molar-refractivity contribution is 0.226. The second-order valence-electron chi connectivity index (χ2n) is 7.07. The Morgan fingerprint density at radius 1 is 0.950 bits per heavy atom. The van der Waals surface area contributed by atoms with E-state index in [2.05, 4.69) is 28.4 Å². The normalized spacial score (nSPS) is 24.5. The van der Waals surface area contributed by atoms with Gasteiger partial charge in [-0.05, 0) is 61.6 Å². The van der Waals surface area contributed by atoms with Gasteiger partial charge in [-0.2, -0.15) is 0 Å². The SMILES string of the molecule is c1cc2c(cc1N1CCC3(CCCC3)CC1)NCCC2. The smallest absolute Gasteiger partial charge is 0.0393 e. The molecular formula is C18H26N2. The van der Waals surface area contributed by atoms with Gasteiger partial charge in [0.2, 0.25) is 0 Å². The van der Waals surface area contributed by atoms with Crippen LogP contribution in [0.15, 0.2) is 18.2 Å². The second kappa shape index (κ2) is 4.98. The van der Waals surface area contributed by atoms with Crippen molar-refractivity contribution >= 4 is 11.4 Å². The number of piperidine rings is 1. The van der Waals surface area contributed by atoms with E-state index >= 15 is 0 Å². The molecule has 4 rings (SSSR count). The van der Waals surface area contributed by atoms with Crippen LogP contribution in [0.4, 0.5) is 11.4 Å². The predicted octanol–water partition coefficient (Wildman–Crippen LogP) is 4.21. The fraction of sp³-hybridized carbons (Fsp3) is 0.667. The minimum atomic E-state index is 0.725. The van der Waals surface area contributed by atoms with E-state index in [-0.39, 0.29) is 0 Å². The largest absolute Gasteiger partial charge is 0.385 e. The van der Waals surface area contributed by atoms with Gasteiger partial charge in [0.05, 0.1) is 0 Å². The standard InChI is InChI=1S/C18H26N2/c1-2-8-18(7-1)9-12-20(13-10-18)16-6-5-15-4-3-11-19-17(15)14-16/h5-6,14,19H,1-4,7-13H2. The summed E-state index contributed by atoms with van der Waals surface area (Å²) in [7, 11) is 0. The van der Waals surface area contributed by atoms with E-state index in [4.69, 9.17) is 0 Å². The third kappa shape index (κ3) is 2.19. The van der Waals surface area contributed by atoms with E-state index < -0.39 is 0 Å². The number of anilines is 2. The maximum absolute atomic E-state index is 3.56. The molecule has 20 heavy (non-hydrogen) atoms. The summed E-state index contributed by atoms with van der Waals surface area (Å²) in [5.41, 5.74) is 5.05. The molecule has 1 aliphatic carbocycles. The number of benzene rings is 1. The minimum Gasteiger partial charge on any atom is -0.385 e. The predicted molar refractivity (Wildman–Crippen MR) is 85.6 cm³/mol. The third-order valence-corrected chi connectivity index (χ3v) is 5.89. The quantitative estimate of drug-likeness (QED) is 0.822. The number of hydrogen-bond donors (Lipinski definition) is 1. The Morgan fingerprint density at radius 3 is 2.55 bits per heavy atom. The van der Waals surface area contributed by atoms with E-state index in [9.17, 15) is 0 Å². The molecule has 1 aromatic carbocycles. The molecule has 0 atom stereocenters. The first-order valence-corrected chi connectivity index (χ1v) is 8.47. The number of aryl methyl sites for hydroxylation is 1. The van der Waals surface area contributed by atoms with Gasteiger partial charge in [0, 0.05) is 31.0 Å². The number of hydrogen-bond acceptors (Lipinski definition) is 2. The van der Waals surface area contributed by atoms with Crippen LogP contribution in [-0.2, 0) is 6.42 Å². The molecule has 3 aliphatic rings. The Balaban J connectivity index is 1.48. The number of fused-ring (bicyclic) bond motifs is 1. The van der Waals surface area contributed by atoms with E-state index in [1.807, 2.05) is 0 Å². The fourth-order valence-corrected chi connectivity index (χ4v) is 4.51. The first-order chi connectivity index (χ1) is 9.85. The van der Waals surface area contributed by atoms with E-state index in [0.717, 1.165) is 12.0 Å². The van der Waals surface area contributed by atoms with Crippen LogP contribution in [0.2, 0.25) is 0 Å². The highest BCUT2D eigenvalue weighted by molar-refractivity contribution is 5.63. The van der Waals surface area contributed by atoms with Gasteiger partial charge < -0.3 is 10.2 Å². The van der Waals surface area contributed by atoms with Crippen LogP contribution in [0.3, 0.4) is 0 Å². The molecule has 2 heteroatoms. The van der Waals surface area contributed by atoms with Crippen LogP contribution in [-0.4, -0.2) is 19.6 Å². The summed E-state index contributed by atoms with van der Waals surface area (Å²) in [5.74, 6) is 0. The Bertz CT molecular complexity index is 478. The van der Waals surface area contributed by atoms with E-state index in [1.54, 1.807) is 0 Å². The summed E-state index contributed by atoms with van der Waals surface area (Å²) in [6, 6.07) is 7.08. The first kappa shape index (κ1) is 12.6. The molecule has 1 saturated carbocycles. The maximum atomic E-state index is 3.56. The Morgan fingerprint density at radius 2 is 1.75 bits per heavy atom. The number of nitrogens with zero attached hydrogens (tertiary/aromatic N) is 1. The summed E-state index contributed by atoms with van der Waals surface area (Å²) in [6.07, 6.45) is 11.3. The van der Waals surface area contributed by atoms with E-state index in [1.165, 1.54) is 81.4 Å². The van der Waals surface area contributed by atoms with Crippen molar-refractivity contribution in [1.29, 1.82) is 0 Å². The van der Waals surface area contributed by atoms with Crippen molar-refractivity contribution in [3.63, 3.8) is 0 Å². The molecule has 0 bridgehead atoms. The highest BCUT2D eigenvalue weighted by Gasteiger charge is 2.36. The first-order valence-electron chi connectivity index (χ1n) is 8.47. The van der Waals surface area contributed by atoms with Crippen molar-refractivity contribution in [3.8, 4) is 0 Å². The lowest BCUT2D eigenvalue weighted by atomic mass is 9.77. The zero-order chi connectivity index (χ0) is 13.4. The molecule has 0 unspecified atom stereocenters. The Kier molecular flexibility index (Phi) is 3.13. The summed E-state index contributed by atoms with van der Waals surface area (Å²) < 4.78 is 0. The second-order valence-corrected chi connectivity index (χ2v) is 7.07. The monoisotopic (exact) mass is 270 g/mol. The van der Waals surface area contributed by atoms with Crippen molar-refractivity contribution in [1.82, 2.24) is 0 Å². The van der Waals surface area contributed by atoms with Crippen molar-refractivity contribution in [2.24, 2.45) is 5.41 Å². The van der Waals surface area contributed by atoms with Crippen molar-refractivity contribution in [2.75, 3.05) is 29.9 Å². The fourth-order valence-electron chi connectivity index (χ4n) is 4.51. The lowest BCUT2D eigenvalue weighted by Gasteiger charge is -2.40. The zero-order valence-corrected chi connectivity index (χ0v) is 12.5. The lowest BCUT2D eigenvalue weighted by Crippen LogP contribution is -2.38. The minimum absolute atomic E-state index is 0.725. The van der Waals surface area contributed by atoms with Crippen LogP contribution in [0.1, 0.15) is 50.5 Å². The molecule has 1 N–H and O–H groups in total. The summed E-state index contributed by atoms with van der Waals surface area (Å²) in [6.45, 7) is 3.66. The number of rotatable bonds is 1. The molecule has 2 fully saturated rings. The van der Waals surface area contributed by atoms with Gasteiger partial charge in [0.15, 0.2) is 0 Å². The van der Waals surface area contributed by atoms with Gasteiger partial charge in [-0.1, -0.05) is 18.9 Å². The Hall–Kier alpha value is -1.18. The van der Waals surface area contributed by atoms with Gasteiger partial charge >= 0.3 is 0 Å². The molecule has 1 aromatic rings. The molecule has 2 nitrogen and oxygen atoms in total. The highest BCUT2D eigenvalue weighted by atomic mass is 15.1. The van der Waals surface area contributed by atoms with Gasteiger partial charge in [0.25, 0.3) is 0 Å². The molecule has 1 spiro atoms. The third-order valence-electron chi connectivity index (χ3n) is 5.89. The molecule has 0 amide bonds. The van der Waals surface area contributed by atoms with Crippen LogP contribution >= 0.6 is 0 Å². The molecule has 2 aliphatic heterocycles. The number of nitrogens with one attached hydrogen (secondary N) is 1. The summed E-state index contributed by atoms with van der Waals surface area (Å²) >= 11 is 0. The van der Waals surface area contributed by atoms with Gasteiger partial charge in [-0.15, -0.1) is 0 Å². The van der Waals surface area contributed by atoms with Crippen molar-refractivity contribution in [3.05, 3.63) is 23.8 Å². The van der Waals surface area contributed by atoms with Crippen LogP contribution in [0, 0.1) is 5.41 Å². The van der Waals surface area contributed by atoms with Gasteiger partial charge in [0.1, 0.15) is 0 Å². The highest BCUT2D eigenvalue weighted by Crippen LogP contribution is 2.46. The molecular weight excluding hydrogens is 244 g/mol. The zero-order valence-electron chi connectivity index (χ0n) is 12.5. The molecule has 108 valence electrons. The average molecular weight is 270 g/mol. The summed E-state index contributed by atoms with van der Waals surface area (Å²) in [5, 5.41) is 3.56. The van der Waals surface area contributed by atoms with Crippen LogP contribution in [0.25, 0.3) is 0 Å². The van der Waals surface area contributed by atoms with Gasteiger partial charge in [-0.25, -0.2) is 0 Å². The molecule has 0 radical (unpaired) electrons. The average Bonchev–Trinajstić information content (AvgIpc) is 2.96. The Labute approximate surface area is 122 Å². The van der Waals surface area contributed by atoms with Crippen LogP contribution in [0.5, 0.6) is 0 Å². The van der Waals surface area contributed by atoms with Gasteiger partial charge in [-0.3, -0.25) is 0 Å². The molecule has 1 saturated heterocycles. The topological polar surface area (TPSA) is 15.3 Å².